The van der Waals surface area contributed by atoms with Crippen molar-refractivity contribution in [2.45, 2.75) is 32.9 Å². The third-order valence-corrected chi connectivity index (χ3v) is 3.62. The zero-order valence-corrected chi connectivity index (χ0v) is 12.7. The Labute approximate surface area is 127 Å². The van der Waals surface area contributed by atoms with E-state index in [4.69, 9.17) is 9.47 Å². The Morgan fingerprint density at radius 3 is 2.77 bits per heavy atom. The van der Waals surface area contributed by atoms with Gasteiger partial charge in [-0.15, -0.1) is 0 Å². The molecule has 1 aromatic carbocycles. The van der Waals surface area contributed by atoms with E-state index in [9.17, 15) is 9.59 Å². The van der Waals surface area contributed by atoms with Crippen molar-refractivity contribution in [2.75, 3.05) is 12.4 Å². The molecule has 0 fully saturated rings. The van der Waals surface area contributed by atoms with Gasteiger partial charge < -0.3 is 19.4 Å². The maximum absolute atomic E-state index is 11.3. The van der Waals surface area contributed by atoms with E-state index in [1.165, 1.54) is 13.8 Å². The number of hydrogen-bond donors (Lipinski definition) is 1. The number of aromatic nitrogens is 2. The molecule has 1 atom stereocenters. The lowest BCUT2D eigenvalue weighted by atomic mass is 10.2. The Morgan fingerprint density at radius 2 is 2.14 bits per heavy atom. The van der Waals surface area contributed by atoms with Gasteiger partial charge in [0.25, 0.3) is 0 Å². The van der Waals surface area contributed by atoms with Gasteiger partial charge in [0.2, 0.25) is 5.91 Å². The Kier molecular flexibility index (Phi) is 3.48. The maximum atomic E-state index is 11.3. The lowest BCUT2D eigenvalue weighted by Gasteiger charge is -2.09. The van der Waals surface area contributed by atoms with Gasteiger partial charge in [0, 0.05) is 32.9 Å². The monoisotopic (exact) mass is 303 g/mol. The number of aryl methyl sites for hydroxylation is 1. The van der Waals surface area contributed by atoms with E-state index in [1.54, 1.807) is 13.2 Å². The van der Waals surface area contributed by atoms with Crippen LogP contribution >= 0.6 is 0 Å². The van der Waals surface area contributed by atoms with E-state index in [0.29, 0.717) is 17.9 Å². The van der Waals surface area contributed by atoms with Crippen LogP contribution in [0.3, 0.4) is 0 Å². The summed E-state index contributed by atoms with van der Waals surface area (Å²) in [4.78, 5) is 27.0. The summed E-state index contributed by atoms with van der Waals surface area (Å²) in [5.74, 6) is 0.803. The minimum atomic E-state index is -0.319. The molecule has 2 aromatic rings. The molecule has 1 unspecified atom stereocenters. The van der Waals surface area contributed by atoms with Gasteiger partial charge in [0.15, 0.2) is 11.9 Å². The number of imidazole rings is 1. The number of fused-ring (bicyclic) bond motifs is 3. The van der Waals surface area contributed by atoms with E-state index < -0.39 is 0 Å². The highest BCUT2D eigenvalue weighted by Crippen LogP contribution is 2.36. The number of carbonyl (C=O) groups excluding carboxylic acids is 2. The van der Waals surface area contributed by atoms with Gasteiger partial charge in [-0.1, -0.05) is 0 Å². The van der Waals surface area contributed by atoms with E-state index in [1.807, 2.05) is 10.6 Å². The molecule has 1 N–H and O–H groups in total. The van der Waals surface area contributed by atoms with Crippen LogP contribution in [0.2, 0.25) is 0 Å². The Bertz CT molecular complexity index is 766. The average molecular weight is 303 g/mol. The van der Waals surface area contributed by atoms with Gasteiger partial charge in [-0.3, -0.25) is 9.59 Å². The van der Waals surface area contributed by atoms with Crippen LogP contribution in [0.4, 0.5) is 5.69 Å². The summed E-state index contributed by atoms with van der Waals surface area (Å²) in [5.41, 5.74) is 2.20. The molecule has 3 rings (SSSR count). The molecule has 22 heavy (non-hydrogen) atoms. The standard InChI is InChI=1S/C15H17N3O4/c1-8(19)16-11-6-10-12(7-14(11)21-3)18-5-4-13(15(18)17-10)22-9(2)20/h6-7,13H,4-5H2,1-3H3,(H,16,19). The van der Waals surface area contributed by atoms with E-state index in [0.717, 1.165) is 23.4 Å². The van der Waals surface area contributed by atoms with E-state index >= 15 is 0 Å². The molecule has 116 valence electrons. The topological polar surface area (TPSA) is 82.4 Å². The molecule has 7 nitrogen and oxygen atoms in total. The van der Waals surface area contributed by atoms with E-state index in [-0.39, 0.29) is 18.0 Å². The number of esters is 1. The highest BCUT2D eigenvalue weighted by molar-refractivity contribution is 5.94. The number of anilines is 1. The number of amides is 1. The second kappa shape index (κ2) is 5.32. The van der Waals surface area contributed by atoms with Crippen LogP contribution in [-0.4, -0.2) is 28.5 Å². The predicted molar refractivity (Wildman–Crippen MR) is 79.7 cm³/mol. The van der Waals surface area contributed by atoms with Crippen molar-refractivity contribution in [3.8, 4) is 5.75 Å². The summed E-state index contributed by atoms with van der Waals surface area (Å²) in [6.07, 6.45) is 0.397. The van der Waals surface area contributed by atoms with E-state index in [2.05, 4.69) is 10.3 Å². The number of rotatable bonds is 3. The fourth-order valence-corrected chi connectivity index (χ4v) is 2.80. The average Bonchev–Trinajstić information content (AvgIpc) is 2.96. The van der Waals surface area contributed by atoms with Crippen LogP contribution in [0.25, 0.3) is 11.0 Å². The number of benzene rings is 1. The van der Waals surface area contributed by atoms with Crippen LogP contribution in [0.5, 0.6) is 5.75 Å². The molecule has 2 heterocycles. The quantitative estimate of drug-likeness (QED) is 0.877. The fourth-order valence-electron chi connectivity index (χ4n) is 2.80. The first-order valence-corrected chi connectivity index (χ1v) is 7.02. The van der Waals surface area contributed by atoms with Gasteiger partial charge in [-0.25, -0.2) is 4.98 Å². The van der Waals surface area contributed by atoms with Crippen LogP contribution in [-0.2, 0) is 20.9 Å². The summed E-state index contributed by atoms with van der Waals surface area (Å²) in [6.45, 7) is 3.56. The molecule has 0 saturated carbocycles. The fraction of sp³-hybridized carbons (Fsp3) is 0.400. The second-order valence-electron chi connectivity index (χ2n) is 5.23. The number of hydrogen-bond acceptors (Lipinski definition) is 5. The van der Waals surface area contributed by atoms with Crippen LogP contribution < -0.4 is 10.1 Å². The Morgan fingerprint density at radius 1 is 1.36 bits per heavy atom. The Balaban J connectivity index is 2.08. The van der Waals surface area contributed by atoms with Gasteiger partial charge in [0.1, 0.15) is 5.75 Å². The van der Waals surface area contributed by atoms with Crippen molar-refractivity contribution in [2.24, 2.45) is 0 Å². The molecule has 0 radical (unpaired) electrons. The third-order valence-electron chi connectivity index (χ3n) is 3.62. The number of nitrogens with one attached hydrogen (secondary N) is 1. The van der Waals surface area contributed by atoms with Crippen molar-refractivity contribution in [3.63, 3.8) is 0 Å². The highest BCUT2D eigenvalue weighted by atomic mass is 16.5. The predicted octanol–water partition coefficient (Wildman–Crippen LogP) is 2.01. The highest BCUT2D eigenvalue weighted by Gasteiger charge is 2.29. The summed E-state index contributed by atoms with van der Waals surface area (Å²) < 4.78 is 12.6. The molecular formula is C15H17N3O4. The van der Waals surface area contributed by atoms with Crippen LogP contribution in [0, 0.1) is 0 Å². The number of nitrogens with zero attached hydrogens (tertiary/aromatic N) is 2. The lowest BCUT2D eigenvalue weighted by Crippen LogP contribution is -2.07. The lowest BCUT2D eigenvalue weighted by molar-refractivity contribution is -0.146. The summed E-state index contributed by atoms with van der Waals surface area (Å²) in [5, 5.41) is 2.73. The van der Waals surface area contributed by atoms with Crippen LogP contribution in [0.15, 0.2) is 12.1 Å². The number of carbonyl (C=O) groups is 2. The second-order valence-corrected chi connectivity index (χ2v) is 5.23. The number of methoxy groups -OCH3 is 1. The molecular weight excluding hydrogens is 286 g/mol. The van der Waals surface area contributed by atoms with Crippen molar-refractivity contribution < 1.29 is 19.1 Å². The molecule has 0 saturated heterocycles. The van der Waals surface area contributed by atoms with Gasteiger partial charge >= 0.3 is 5.97 Å². The largest absolute Gasteiger partial charge is 0.494 e. The molecule has 0 spiro atoms. The molecule has 1 aromatic heterocycles. The molecule has 0 aliphatic carbocycles. The van der Waals surface area contributed by atoms with Crippen molar-refractivity contribution in [1.82, 2.24) is 9.55 Å². The SMILES string of the molecule is COc1cc2c(cc1NC(C)=O)nc1n2CCC1OC(C)=O. The molecule has 0 bridgehead atoms. The van der Waals surface area contributed by atoms with Crippen LogP contribution in [0.1, 0.15) is 32.2 Å². The maximum Gasteiger partial charge on any atom is 0.303 e. The first-order chi connectivity index (χ1) is 10.5. The number of ether oxygens (including phenoxy) is 2. The molecule has 1 aliphatic rings. The first-order valence-electron chi connectivity index (χ1n) is 7.02. The van der Waals surface area contributed by atoms with Crippen molar-refractivity contribution in [1.29, 1.82) is 0 Å². The zero-order chi connectivity index (χ0) is 15.9. The summed E-state index contributed by atoms with van der Waals surface area (Å²) in [7, 11) is 1.55. The van der Waals surface area contributed by atoms with Crippen molar-refractivity contribution in [3.05, 3.63) is 18.0 Å². The molecule has 1 aliphatic heterocycles. The van der Waals surface area contributed by atoms with Gasteiger partial charge in [-0.2, -0.15) is 0 Å². The molecule has 1 amide bonds. The minimum absolute atomic E-state index is 0.179. The normalized spacial score (nSPS) is 16.4. The summed E-state index contributed by atoms with van der Waals surface area (Å²) in [6, 6.07) is 3.61. The first kappa shape index (κ1) is 14.4. The van der Waals surface area contributed by atoms with Gasteiger partial charge in [-0.05, 0) is 6.07 Å². The Hall–Kier alpha value is -2.57. The van der Waals surface area contributed by atoms with Gasteiger partial charge in [0.05, 0.1) is 23.8 Å². The third kappa shape index (κ3) is 2.38. The molecule has 7 heteroatoms. The summed E-state index contributed by atoms with van der Waals surface area (Å²) >= 11 is 0. The zero-order valence-electron chi connectivity index (χ0n) is 12.7. The smallest absolute Gasteiger partial charge is 0.303 e. The van der Waals surface area contributed by atoms with Crippen molar-refractivity contribution >= 4 is 28.6 Å². The minimum Gasteiger partial charge on any atom is -0.494 e.